The van der Waals surface area contributed by atoms with Gasteiger partial charge in [0.15, 0.2) is 0 Å². The zero-order valence-electron chi connectivity index (χ0n) is 8.77. The van der Waals surface area contributed by atoms with Gasteiger partial charge in [-0.3, -0.25) is 19.6 Å². The highest BCUT2D eigenvalue weighted by atomic mass is 16.6. The van der Waals surface area contributed by atoms with Gasteiger partial charge < -0.3 is 5.32 Å². The van der Waals surface area contributed by atoms with Crippen LogP contribution in [0.1, 0.15) is 23.1 Å². The molecule has 1 aromatic heterocycles. The van der Waals surface area contributed by atoms with Crippen LogP contribution in [0, 0.1) is 17.0 Å². The van der Waals surface area contributed by atoms with Gasteiger partial charge in [0.1, 0.15) is 5.69 Å². The molecular formula is C8H12N4O3. The van der Waals surface area contributed by atoms with Crippen LogP contribution in [0.5, 0.6) is 0 Å². The molecule has 0 aliphatic carbocycles. The second kappa shape index (κ2) is 4.07. The molecule has 0 aliphatic rings. The molecule has 82 valence electrons. The summed E-state index contributed by atoms with van der Waals surface area (Å²) >= 11 is 0. The van der Waals surface area contributed by atoms with Crippen LogP contribution in [0.15, 0.2) is 0 Å². The Balaban J connectivity index is 3.23. The molecule has 1 aromatic rings. The second-order valence-corrected chi connectivity index (χ2v) is 3.02. The number of amides is 1. The number of hydrogen-bond donors (Lipinski definition) is 1. The zero-order valence-corrected chi connectivity index (χ0v) is 8.77. The van der Waals surface area contributed by atoms with Crippen molar-refractivity contribution in [2.75, 3.05) is 6.54 Å². The molecule has 1 heterocycles. The lowest BCUT2D eigenvalue weighted by atomic mass is 10.3. The average molecular weight is 212 g/mol. The third kappa shape index (κ3) is 1.95. The van der Waals surface area contributed by atoms with E-state index in [4.69, 9.17) is 0 Å². The molecule has 15 heavy (non-hydrogen) atoms. The molecule has 7 nitrogen and oxygen atoms in total. The standard InChI is InChI=1S/C8H12N4O3/c1-4-9-8(13)6-7(12(14)15)5(2)11(3)10-6/h4H2,1-3H3,(H,9,13). The number of nitrogens with zero attached hydrogens (tertiary/aromatic N) is 3. The van der Waals surface area contributed by atoms with Crippen molar-refractivity contribution in [3.8, 4) is 0 Å². The summed E-state index contributed by atoms with van der Waals surface area (Å²) in [5.41, 5.74) is -0.00782. The van der Waals surface area contributed by atoms with E-state index in [0.717, 1.165) is 0 Å². The van der Waals surface area contributed by atoms with Crippen LogP contribution in [0.25, 0.3) is 0 Å². The SMILES string of the molecule is CCNC(=O)c1nn(C)c(C)c1[N+](=O)[O-]. The van der Waals surface area contributed by atoms with E-state index in [9.17, 15) is 14.9 Å². The topological polar surface area (TPSA) is 90.1 Å². The van der Waals surface area contributed by atoms with Gasteiger partial charge in [-0.25, -0.2) is 0 Å². The van der Waals surface area contributed by atoms with E-state index in [1.54, 1.807) is 20.9 Å². The lowest BCUT2D eigenvalue weighted by molar-refractivity contribution is -0.385. The number of aryl methyl sites for hydroxylation is 1. The molecule has 1 amide bonds. The van der Waals surface area contributed by atoms with Crippen LogP contribution in [0.4, 0.5) is 5.69 Å². The highest BCUT2D eigenvalue weighted by Crippen LogP contribution is 2.21. The Morgan fingerprint density at radius 3 is 2.73 bits per heavy atom. The molecule has 0 unspecified atom stereocenters. The van der Waals surface area contributed by atoms with Crippen LogP contribution in [-0.2, 0) is 7.05 Å². The Morgan fingerprint density at radius 1 is 1.67 bits per heavy atom. The van der Waals surface area contributed by atoms with Crippen LogP contribution < -0.4 is 5.32 Å². The molecule has 0 atom stereocenters. The maximum absolute atomic E-state index is 11.4. The van der Waals surface area contributed by atoms with Crippen molar-refractivity contribution >= 4 is 11.6 Å². The molecule has 7 heteroatoms. The van der Waals surface area contributed by atoms with E-state index in [0.29, 0.717) is 12.2 Å². The fourth-order valence-electron chi connectivity index (χ4n) is 1.21. The summed E-state index contributed by atoms with van der Waals surface area (Å²) in [7, 11) is 1.56. The fraction of sp³-hybridized carbons (Fsp3) is 0.500. The Bertz CT molecular complexity index is 410. The van der Waals surface area contributed by atoms with Gasteiger partial charge in [-0.15, -0.1) is 0 Å². The number of carbonyl (C=O) groups is 1. The Kier molecular flexibility index (Phi) is 3.03. The first-order valence-corrected chi connectivity index (χ1v) is 4.45. The van der Waals surface area contributed by atoms with E-state index in [-0.39, 0.29) is 11.4 Å². The number of aromatic nitrogens is 2. The fourth-order valence-corrected chi connectivity index (χ4v) is 1.21. The van der Waals surface area contributed by atoms with Crippen molar-refractivity contribution in [3.63, 3.8) is 0 Å². The Labute approximate surface area is 86.2 Å². The molecule has 0 aromatic carbocycles. The molecule has 1 rings (SSSR count). The molecule has 0 fully saturated rings. The highest BCUT2D eigenvalue weighted by molar-refractivity contribution is 5.96. The largest absolute Gasteiger partial charge is 0.351 e. The summed E-state index contributed by atoms with van der Waals surface area (Å²) < 4.78 is 1.32. The number of nitrogens with one attached hydrogen (secondary N) is 1. The summed E-state index contributed by atoms with van der Waals surface area (Å²) in [6, 6.07) is 0. The summed E-state index contributed by atoms with van der Waals surface area (Å²) in [5.74, 6) is -0.520. The van der Waals surface area contributed by atoms with Gasteiger partial charge >= 0.3 is 5.69 Å². The number of rotatable bonds is 3. The van der Waals surface area contributed by atoms with E-state index < -0.39 is 10.8 Å². The van der Waals surface area contributed by atoms with Gasteiger partial charge in [0.2, 0.25) is 5.69 Å². The minimum absolute atomic E-state index is 0.137. The zero-order chi connectivity index (χ0) is 11.6. The predicted octanol–water partition coefficient (Wildman–Crippen LogP) is 0.386. The first-order chi connectivity index (χ1) is 6.99. The average Bonchev–Trinajstić information content (AvgIpc) is 2.44. The first kappa shape index (κ1) is 11.2. The maximum atomic E-state index is 11.4. The van der Waals surface area contributed by atoms with Crippen molar-refractivity contribution in [2.24, 2.45) is 7.05 Å². The van der Waals surface area contributed by atoms with Gasteiger partial charge in [0, 0.05) is 13.6 Å². The van der Waals surface area contributed by atoms with Gasteiger partial charge in [-0.2, -0.15) is 5.10 Å². The number of nitro groups is 1. The van der Waals surface area contributed by atoms with Crippen LogP contribution in [-0.4, -0.2) is 27.2 Å². The third-order valence-corrected chi connectivity index (χ3v) is 2.04. The second-order valence-electron chi connectivity index (χ2n) is 3.02. The number of carbonyl (C=O) groups excluding carboxylic acids is 1. The minimum Gasteiger partial charge on any atom is -0.351 e. The van der Waals surface area contributed by atoms with Gasteiger partial charge in [0.25, 0.3) is 5.91 Å². The highest BCUT2D eigenvalue weighted by Gasteiger charge is 2.28. The lowest BCUT2D eigenvalue weighted by Gasteiger charge is -1.96. The molecule has 0 spiro atoms. The molecule has 0 saturated carbocycles. The molecular weight excluding hydrogens is 200 g/mol. The molecule has 0 saturated heterocycles. The van der Waals surface area contributed by atoms with Gasteiger partial charge in [-0.05, 0) is 13.8 Å². The van der Waals surface area contributed by atoms with Crippen molar-refractivity contribution in [3.05, 3.63) is 21.5 Å². The monoisotopic (exact) mass is 212 g/mol. The number of hydrogen-bond acceptors (Lipinski definition) is 4. The Hall–Kier alpha value is -1.92. The summed E-state index contributed by atoms with van der Waals surface area (Å²) in [5, 5.41) is 17.0. The first-order valence-electron chi connectivity index (χ1n) is 4.45. The quantitative estimate of drug-likeness (QED) is 0.579. The Morgan fingerprint density at radius 2 is 2.27 bits per heavy atom. The van der Waals surface area contributed by atoms with Crippen molar-refractivity contribution < 1.29 is 9.72 Å². The van der Waals surface area contributed by atoms with Gasteiger partial charge in [0.05, 0.1) is 4.92 Å². The maximum Gasteiger partial charge on any atom is 0.322 e. The van der Waals surface area contributed by atoms with Crippen molar-refractivity contribution in [1.29, 1.82) is 0 Å². The van der Waals surface area contributed by atoms with Crippen LogP contribution >= 0.6 is 0 Å². The van der Waals surface area contributed by atoms with E-state index >= 15 is 0 Å². The molecule has 0 aliphatic heterocycles. The summed E-state index contributed by atoms with van der Waals surface area (Å²) in [4.78, 5) is 21.6. The van der Waals surface area contributed by atoms with Crippen molar-refractivity contribution in [2.45, 2.75) is 13.8 Å². The van der Waals surface area contributed by atoms with Gasteiger partial charge in [-0.1, -0.05) is 0 Å². The minimum atomic E-state index is -0.590. The van der Waals surface area contributed by atoms with E-state index in [2.05, 4.69) is 10.4 Å². The smallest absolute Gasteiger partial charge is 0.322 e. The molecule has 0 bridgehead atoms. The normalized spacial score (nSPS) is 10.1. The summed E-state index contributed by atoms with van der Waals surface area (Å²) in [6.07, 6.45) is 0. The van der Waals surface area contributed by atoms with Crippen LogP contribution in [0.3, 0.4) is 0 Å². The van der Waals surface area contributed by atoms with Crippen LogP contribution in [0.2, 0.25) is 0 Å². The van der Waals surface area contributed by atoms with Crippen molar-refractivity contribution in [1.82, 2.24) is 15.1 Å². The third-order valence-electron chi connectivity index (χ3n) is 2.04. The summed E-state index contributed by atoms with van der Waals surface area (Å²) in [6.45, 7) is 3.69. The molecule has 1 N–H and O–H groups in total. The predicted molar refractivity (Wildman–Crippen MR) is 52.6 cm³/mol. The molecule has 0 radical (unpaired) electrons. The van der Waals surface area contributed by atoms with E-state index in [1.807, 2.05) is 0 Å². The van der Waals surface area contributed by atoms with E-state index in [1.165, 1.54) is 4.68 Å². The lowest BCUT2D eigenvalue weighted by Crippen LogP contribution is -2.24.